The molecule has 0 bridgehead atoms. The number of benzene rings is 2. The Bertz CT molecular complexity index is 714. The van der Waals surface area contributed by atoms with Crippen molar-refractivity contribution < 1.29 is 19.1 Å². The van der Waals surface area contributed by atoms with Gasteiger partial charge in [-0.25, -0.2) is 4.79 Å². The highest BCUT2D eigenvalue weighted by Gasteiger charge is 2.07. The molecule has 2 rings (SSSR count). The number of anilines is 2. The van der Waals surface area contributed by atoms with E-state index in [1.807, 2.05) is 6.92 Å². The lowest BCUT2D eigenvalue weighted by Gasteiger charge is -2.09. The molecular weight excluding hydrogens is 320 g/mol. The maximum Gasteiger partial charge on any atom is 0.338 e. The molecule has 25 heavy (non-hydrogen) atoms. The molecule has 0 aliphatic rings. The molecule has 0 radical (unpaired) electrons. The van der Waals surface area contributed by atoms with Crippen LogP contribution in [0.3, 0.4) is 0 Å². The molecule has 0 aromatic heterocycles. The van der Waals surface area contributed by atoms with E-state index in [4.69, 9.17) is 9.47 Å². The van der Waals surface area contributed by atoms with Crippen molar-refractivity contribution in [3.8, 4) is 5.75 Å². The Morgan fingerprint density at radius 2 is 1.80 bits per heavy atom. The number of carbonyl (C=O) groups is 2. The quantitative estimate of drug-likeness (QED) is 0.720. The van der Waals surface area contributed by atoms with Crippen molar-refractivity contribution in [2.75, 3.05) is 30.9 Å². The van der Waals surface area contributed by atoms with E-state index in [9.17, 15) is 9.59 Å². The zero-order valence-corrected chi connectivity index (χ0v) is 14.4. The van der Waals surface area contributed by atoms with E-state index in [0.717, 1.165) is 12.1 Å². The second-order valence-corrected chi connectivity index (χ2v) is 5.35. The van der Waals surface area contributed by atoms with Gasteiger partial charge in [0, 0.05) is 17.4 Å². The van der Waals surface area contributed by atoms with Crippen molar-refractivity contribution in [3.05, 3.63) is 54.1 Å². The van der Waals surface area contributed by atoms with Gasteiger partial charge >= 0.3 is 5.97 Å². The normalized spacial score (nSPS) is 10.0. The van der Waals surface area contributed by atoms with Crippen LogP contribution in [0.2, 0.25) is 0 Å². The van der Waals surface area contributed by atoms with Gasteiger partial charge in [-0.15, -0.1) is 0 Å². The van der Waals surface area contributed by atoms with Gasteiger partial charge in [0.1, 0.15) is 5.75 Å². The summed E-state index contributed by atoms with van der Waals surface area (Å²) in [4.78, 5) is 23.7. The molecule has 1 amide bonds. The minimum atomic E-state index is -0.343. The molecule has 0 aliphatic heterocycles. The summed E-state index contributed by atoms with van der Waals surface area (Å²) in [6.45, 7) is 2.46. The van der Waals surface area contributed by atoms with Crippen molar-refractivity contribution in [2.45, 2.75) is 13.3 Å². The Balaban J connectivity index is 1.84. The van der Waals surface area contributed by atoms with E-state index in [-0.39, 0.29) is 18.4 Å². The molecule has 2 aromatic carbocycles. The molecule has 0 fully saturated rings. The van der Waals surface area contributed by atoms with E-state index in [1.54, 1.807) is 55.6 Å². The second-order valence-electron chi connectivity index (χ2n) is 5.35. The van der Waals surface area contributed by atoms with E-state index >= 15 is 0 Å². The van der Waals surface area contributed by atoms with Crippen LogP contribution >= 0.6 is 0 Å². The Labute approximate surface area is 147 Å². The van der Waals surface area contributed by atoms with E-state index in [2.05, 4.69) is 10.6 Å². The third-order valence-electron chi connectivity index (χ3n) is 3.36. The minimum Gasteiger partial charge on any atom is -0.497 e. The van der Waals surface area contributed by atoms with Crippen LogP contribution in [0, 0.1) is 0 Å². The lowest BCUT2D eigenvalue weighted by molar-refractivity contribution is -0.114. The predicted octanol–water partition coefficient (Wildman–Crippen LogP) is 3.31. The fourth-order valence-electron chi connectivity index (χ4n) is 2.09. The summed E-state index contributed by atoms with van der Waals surface area (Å²) < 4.78 is 10.2. The molecule has 0 unspecified atom stereocenters. The Kier molecular flexibility index (Phi) is 6.83. The molecule has 6 nitrogen and oxygen atoms in total. The summed E-state index contributed by atoms with van der Waals surface area (Å²) in [7, 11) is 1.57. The van der Waals surface area contributed by atoms with Crippen LogP contribution in [-0.2, 0) is 9.53 Å². The summed E-state index contributed by atoms with van der Waals surface area (Å²) >= 11 is 0. The molecule has 2 aromatic rings. The molecule has 2 N–H and O–H groups in total. The van der Waals surface area contributed by atoms with Gasteiger partial charge in [-0.3, -0.25) is 4.79 Å². The molecule has 0 saturated heterocycles. The smallest absolute Gasteiger partial charge is 0.338 e. The Morgan fingerprint density at radius 1 is 1.04 bits per heavy atom. The first-order valence-electron chi connectivity index (χ1n) is 8.07. The average Bonchev–Trinajstić information content (AvgIpc) is 2.65. The van der Waals surface area contributed by atoms with Crippen LogP contribution in [0.15, 0.2) is 48.5 Å². The van der Waals surface area contributed by atoms with E-state index in [1.165, 1.54) is 0 Å². The summed E-state index contributed by atoms with van der Waals surface area (Å²) in [6.07, 6.45) is 0.785. The molecule has 0 saturated carbocycles. The van der Waals surface area contributed by atoms with Crippen molar-refractivity contribution in [2.24, 2.45) is 0 Å². The van der Waals surface area contributed by atoms with Crippen molar-refractivity contribution in [3.63, 3.8) is 0 Å². The number of esters is 1. The molecule has 0 aliphatic carbocycles. The Morgan fingerprint density at radius 3 is 2.48 bits per heavy atom. The number of ether oxygens (including phenoxy) is 2. The van der Waals surface area contributed by atoms with Crippen LogP contribution in [0.5, 0.6) is 5.75 Å². The van der Waals surface area contributed by atoms with Gasteiger partial charge in [-0.1, -0.05) is 13.0 Å². The largest absolute Gasteiger partial charge is 0.497 e. The number of amides is 1. The Hall–Kier alpha value is -3.02. The first kappa shape index (κ1) is 18.3. The number of methoxy groups -OCH3 is 1. The number of rotatable bonds is 8. The monoisotopic (exact) mass is 342 g/mol. The van der Waals surface area contributed by atoms with Crippen LogP contribution in [0.4, 0.5) is 11.4 Å². The second kappa shape index (κ2) is 9.32. The van der Waals surface area contributed by atoms with Crippen molar-refractivity contribution >= 4 is 23.3 Å². The van der Waals surface area contributed by atoms with Crippen molar-refractivity contribution in [1.29, 1.82) is 0 Å². The number of carbonyl (C=O) groups excluding carboxylic acids is 2. The molecule has 6 heteroatoms. The van der Waals surface area contributed by atoms with Gasteiger partial charge in [0.2, 0.25) is 5.91 Å². The van der Waals surface area contributed by atoms with Gasteiger partial charge in [-0.05, 0) is 42.8 Å². The topological polar surface area (TPSA) is 76.7 Å². The zero-order valence-electron chi connectivity index (χ0n) is 14.4. The summed E-state index contributed by atoms with van der Waals surface area (Å²) in [5, 5.41) is 5.79. The highest BCUT2D eigenvalue weighted by Crippen LogP contribution is 2.16. The third kappa shape index (κ3) is 5.84. The highest BCUT2D eigenvalue weighted by molar-refractivity contribution is 5.94. The minimum absolute atomic E-state index is 0.108. The number of nitrogens with one attached hydrogen (secondary N) is 2. The SMILES string of the molecule is CCCOC(=O)c1ccc(NCC(=O)Nc2cccc(OC)c2)cc1. The lowest BCUT2D eigenvalue weighted by atomic mass is 10.2. The molecule has 0 atom stereocenters. The summed E-state index contributed by atoms with van der Waals surface area (Å²) in [5.74, 6) is 0.153. The number of hydrogen-bond donors (Lipinski definition) is 2. The molecule has 0 spiro atoms. The van der Waals surface area contributed by atoms with Gasteiger partial charge in [0.25, 0.3) is 0 Å². The zero-order chi connectivity index (χ0) is 18.1. The van der Waals surface area contributed by atoms with Crippen molar-refractivity contribution in [1.82, 2.24) is 0 Å². The third-order valence-corrected chi connectivity index (χ3v) is 3.36. The van der Waals surface area contributed by atoms with Crippen LogP contribution < -0.4 is 15.4 Å². The van der Waals surface area contributed by atoms with Gasteiger partial charge in [0.15, 0.2) is 0 Å². The predicted molar refractivity (Wildman–Crippen MR) is 97.1 cm³/mol. The fourth-order valence-corrected chi connectivity index (χ4v) is 2.09. The standard InChI is InChI=1S/C19H22N2O4/c1-3-11-25-19(23)14-7-9-15(10-8-14)20-13-18(22)21-16-5-4-6-17(12-16)24-2/h4-10,12,20H,3,11,13H2,1-2H3,(H,21,22). The fraction of sp³-hybridized carbons (Fsp3) is 0.263. The molecule has 0 heterocycles. The number of hydrogen-bond acceptors (Lipinski definition) is 5. The van der Waals surface area contributed by atoms with Crippen LogP contribution in [-0.4, -0.2) is 32.1 Å². The van der Waals surface area contributed by atoms with Crippen LogP contribution in [0.1, 0.15) is 23.7 Å². The van der Waals surface area contributed by atoms with E-state index < -0.39 is 0 Å². The van der Waals surface area contributed by atoms with E-state index in [0.29, 0.717) is 23.6 Å². The van der Waals surface area contributed by atoms with Gasteiger partial charge in [-0.2, -0.15) is 0 Å². The van der Waals surface area contributed by atoms with Gasteiger partial charge in [0.05, 0.1) is 25.8 Å². The summed E-state index contributed by atoms with van der Waals surface area (Å²) in [5.41, 5.74) is 1.90. The van der Waals surface area contributed by atoms with Crippen LogP contribution in [0.25, 0.3) is 0 Å². The maximum atomic E-state index is 12.0. The average molecular weight is 342 g/mol. The molecule has 132 valence electrons. The van der Waals surface area contributed by atoms with Gasteiger partial charge < -0.3 is 20.1 Å². The highest BCUT2D eigenvalue weighted by atomic mass is 16.5. The molecular formula is C19H22N2O4. The first-order chi connectivity index (χ1) is 12.1. The first-order valence-corrected chi connectivity index (χ1v) is 8.07. The summed E-state index contributed by atoms with van der Waals surface area (Å²) in [6, 6.07) is 14.0. The maximum absolute atomic E-state index is 12.0. The lowest BCUT2D eigenvalue weighted by Crippen LogP contribution is -2.21.